The van der Waals surface area contributed by atoms with E-state index in [0.717, 1.165) is 19.3 Å². The number of ether oxygens (including phenoxy) is 1. The first kappa shape index (κ1) is 32.7. The number of carboxylic acid groups (broad SMARTS) is 1. The van der Waals surface area contributed by atoms with E-state index in [-0.39, 0.29) is 35.6 Å². The predicted molar refractivity (Wildman–Crippen MR) is 162 cm³/mol. The Labute approximate surface area is 254 Å². The maximum atomic E-state index is 15.2. The van der Waals surface area contributed by atoms with Crippen LogP contribution in [0.15, 0.2) is 18.2 Å². The first-order valence-electron chi connectivity index (χ1n) is 15.6. The molecule has 0 saturated carbocycles. The van der Waals surface area contributed by atoms with Crippen molar-refractivity contribution in [1.29, 1.82) is 0 Å². The molecule has 0 radical (unpaired) electrons. The van der Waals surface area contributed by atoms with E-state index in [9.17, 15) is 19.5 Å². The van der Waals surface area contributed by atoms with Crippen LogP contribution < -0.4 is 0 Å². The number of nitrogens with zero attached hydrogens (tertiary/aromatic N) is 5. The minimum atomic E-state index is -1.10. The van der Waals surface area contributed by atoms with Gasteiger partial charge in [-0.25, -0.2) is 14.2 Å². The van der Waals surface area contributed by atoms with Gasteiger partial charge in [-0.15, -0.1) is 0 Å². The summed E-state index contributed by atoms with van der Waals surface area (Å²) in [5, 5.41) is 10.4. The molecular weight excluding hydrogens is 553 g/mol. The van der Waals surface area contributed by atoms with Crippen LogP contribution in [0.3, 0.4) is 0 Å². The molecule has 0 spiro atoms. The number of fused-ring (bicyclic) bond motifs is 1. The molecule has 238 valence electrons. The third-order valence-corrected chi connectivity index (χ3v) is 8.66. The molecule has 43 heavy (non-hydrogen) atoms. The zero-order chi connectivity index (χ0) is 31.5. The average Bonchev–Trinajstić information content (AvgIpc) is 3.61. The minimum absolute atomic E-state index is 0.0498. The highest BCUT2D eigenvalue weighted by atomic mass is 19.1. The van der Waals surface area contributed by atoms with Crippen molar-refractivity contribution in [3.8, 4) is 0 Å². The summed E-state index contributed by atoms with van der Waals surface area (Å²) in [5.41, 5.74) is 0.134. The van der Waals surface area contributed by atoms with Gasteiger partial charge in [-0.1, -0.05) is 40.7 Å². The second-order valence-electron chi connectivity index (χ2n) is 13.5. The number of carbonyl (C=O) groups is 3. The Morgan fingerprint density at radius 3 is 2.47 bits per heavy atom. The van der Waals surface area contributed by atoms with Gasteiger partial charge in [-0.3, -0.25) is 9.59 Å². The Balaban J connectivity index is 1.81. The lowest BCUT2D eigenvalue weighted by Crippen LogP contribution is -2.66. The lowest BCUT2D eigenvalue weighted by Gasteiger charge is -2.52. The van der Waals surface area contributed by atoms with E-state index in [1.54, 1.807) is 28.7 Å². The van der Waals surface area contributed by atoms with Crippen LogP contribution in [-0.4, -0.2) is 99.2 Å². The highest BCUT2D eigenvalue weighted by Crippen LogP contribution is 2.39. The summed E-state index contributed by atoms with van der Waals surface area (Å²) in [6, 6.07) is 3.50. The molecular formula is C32H48FN5O5. The number of piperidine rings is 1. The number of carbonyl (C=O) groups excluding carboxylic acids is 2. The van der Waals surface area contributed by atoms with E-state index in [0.29, 0.717) is 51.1 Å². The van der Waals surface area contributed by atoms with Crippen LogP contribution in [0.2, 0.25) is 0 Å². The van der Waals surface area contributed by atoms with Crippen molar-refractivity contribution in [3.05, 3.63) is 29.8 Å². The molecule has 2 fully saturated rings. The monoisotopic (exact) mass is 601 g/mol. The third kappa shape index (κ3) is 7.13. The molecule has 2 saturated heterocycles. The van der Waals surface area contributed by atoms with Crippen LogP contribution in [0.5, 0.6) is 0 Å². The summed E-state index contributed by atoms with van der Waals surface area (Å²) < 4.78 is 22.0. The van der Waals surface area contributed by atoms with Crippen molar-refractivity contribution in [2.24, 2.45) is 17.3 Å². The summed E-state index contributed by atoms with van der Waals surface area (Å²) in [6.07, 6.45) is 2.51. The number of aryl methyl sites for hydroxylation is 1. The molecule has 1 unspecified atom stereocenters. The van der Waals surface area contributed by atoms with E-state index in [1.165, 1.54) is 11.0 Å². The summed E-state index contributed by atoms with van der Waals surface area (Å²) in [6.45, 7) is 12.6. The number of para-hydroxylation sites is 1. The number of amides is 3. The van der Waals surface area contributed by atoms with Crippen LogP contribution in [0, 0.1) is 23.1 Å². The third-order valence-electron chi connectivity index (χ3n) is 8.66. The number of unbranched alkanes of at least 4 members (excludes halogenated alkanes) is 1. The van der Waals surface area contributed by atoms with Gasteiger partial charge in [0.15, 0.2) is 5.82 Å². The van der Waals surface area contributed by atoms with Crippen molar-refractivity contribution in [2.45, 2.75) is 85.4 Å². The Bertz CT molecular complexity index is 1300. The van der Waals surface area contributed by atoms with E-state index in [1.807, 2.05) is 39.5 Å². The molecule has 2 aliphatic heterocycles. The Morgan fingerprint density at radius 2 is 1.86 bits per heavy atom. The van der Waals surface area contributed by atoms with Crippen LogP contribution in [0.4, 0.5) is 9.18 Å². The maximum Gasteiger partial charge on any atom is 0.407 e. The summed E-state index contributed by atoms with van der Waals surface area (Å²) in [7, 11) is 1.63. The molecule has 0 bridgehead atoms. The van der Waals surface area contributed by atoms with Gasteiger partial charge in [0.05, 0.1) is 23.5 Å². The summed E-state index contributed by atoms with van der Waals surface area (Å²) >= 11 is 0. The van der Waals surface area contributed by atoms with E-state index in [4.69, 9.17) is 4.74 Å². The lowest BCUT2D eigenvalue weighted by atomic mass is 9.74. The zero-order valence-corrected chi connectivity index (χ0v) is 26.5. The molecule has 3 atom stereocenters. The SMILES string of the molecule is COCCCCn1c(C(=O)N(CC(C)C)[C@H]2C[C@@H](C(=O)N3CCCC3)CN(C(=O)O)C2C(C)(C)C)nc2cccc(F)c21. The number of methoxy groups -OCH3 is 1. The van der Waals surface area contributed by atoms with Crippen LogP contribution >= 0.6 is 0 Å². The molecule has 11 heteroatoms. The number of imidazole rings is 1. The minimum Gasteiger partial charge on any atom is -0.465 e. The topological polar surface area (TPSA) is 108 Å². The van der Waals surface area contributed by atoms with Gasteiger partial charge in [-0.2, -0.15) is 0 Å². The van der Waals surface area contributed by atoms with Gasteiger partial charge in [0.1, 0.15) is 11.3 Å². The van der Waals surface area contributed by atoms with Crippen LogP contribution in [-0.2, 0) is 16.1 Å². The molecule has 1 aromatic heterocycles. The second kappa shape index (κ2) is 13.6. The Kier molecular flexibility index (Phi) is 10.4. The van der Waals surface area contributed by atoms with E-state index < -0.39 is 35.3 Å². The molecule has 4 rings (SSSR count). The maximum absolute atomic E-state index is 15.2. The molecule has 0 aliphatic carbocycles. The first-order valence-corrected chi connectivity index (χ1v) is 15.6. The number of benzene rings is 1. The van der Waals surface area contributed by atoms with Gasteiger partial charge in [0.2, 0.25) is 5.91 Å². The quantitative estimate of drug-likeness (QED) is 0.380. The normalized spacial score (nSPS) is 21.2. The standard InChI is InChI=1S/C32H48FN5O5/c1-21(2)19-37(30(40)28-34-24-13-11-12-23(33)26(24)36(28)16-9-10-17-43-6)25-18-22(29(39)35-14-7-8-15-35)20-38(31(41)42)27(25)32(3,4)5/h11-13,21-22,25,27H,7-10,14-20H2,1-6H3,(H,41,42)/t22-,25+,27?/m1/s1. The molecule has 10 nitrogen and oxygen atoms in total. The Hall–Kier alpha value is -3.21. The summed E-state index contributed by atoms with van der Waals surface area (Å²) in [4.78, 5) is 50.7. The van der Waals surface area contributed by atoms with Crippen molar-refractivity contribution < 1.29 is 28.6 Å². The van der Waals surface area contributed by atoms with Gasteiger partial charge in [0.25, 0.3) is 5.91 Å². The number of aromatic nitrogens is 2. The van der Waals surface area contributed by atoms with Crippen LogP contribution in [0.25, 0.3) is 11.0 Å². The molecule has 3 amide bonds. The molecule has 3 heterocycles. The van der Waals surface area contributed by atoms with Crippen molar-refractivity contribution in [3.63, 3.8) is 0 Å². The second-order valence-corrected chi connectivity index (χ2v) is 13.5. The highest BCUT2D eigenvalue weighted by molar-refractivity contribution is 5.95. The van der Waals surface area contributed by atoms with Gasteiger partial charge in [-0.05, 0) is 55.6 Å². The van der Waals surface area contributed by atoms with Gasteiger partial charge < -0.3 is 29.1 Å². The Morgan fingerprint density at radius 1 is 1.16 bits per heavy atom. The van der Waals surface area contributed by atoms with Gasteiger partial charge in [0, 0.05) is 46.4 Å². The zero-order valence-electron chi connectivity index (χ0n) is 26.5. The molecule has 1 aromatic carbocycles. The van der Waals surface area contributed by atoms with Crippen molar-refractivity contribution in [1.82, 2.24) is 24.3 Å². The van der Waals surface area contributed by atoms with Gasteiger partial charge >= 0.3 is 6.09 Å². The van der Waals surface area contributed by atoms with Crippen molar-refractivity contribution >= 4 is 28.9 Å². The lowest BCUT2D eigenvalue weighted by molar-refractivity contribution is -0.139. The van der Waals surface area contributed by atoms with E-state index >= 15 is 4.39 Å². The average molecular weight is 602 g/mol. The number of likely N-dealkylation sites (tertiary alicyclic amines) is 2. The molecule has 1 N–H and O–H groups in total. The fraction of sp³-hybridized carbons (Fsp3) is 0.688. The predicted octanol–water partition coefficient (Wildman–Crippen LogP) is 5.11. The smallest absolute Gasteiger partial charge is 0.407 e. The summed E-state index contributed by atoms with van der Waals surface area (Å²) in [5.74, 6) is -1.27. The number of halogens is 1. The first-order chi connectivity index (χ1) is 20.3. The highest BCUT2D eigenvalue weighted by Gasteiger charge is 2.50. The number of hydrogen-bond donors (Lipinski definition) is 1. The molecule has 2 aromatic rings. The molecule has 2 aliphatic rings. The largest absolute Gasteiger partial charge is 0.465 e. The fourth-order valence-corrected chi connectivity index (χ4v) is 6.90. The number of rotatable bonds is 10. The number of hydrogen-bond acceptors (Lipinski definition) is 5. The fourth-order valence-electron chi connectivity index (χ4n) is 6.90. The van der Waals surface area contributed by atoms with Crippen LogP contribution in [0.1, 0.15) is 77.3 Å². The van der Waals surface area contributed by atoms with Crippen molar-refractivity contribution in [2.75, 3.05) is 39.9 Å². The van der Waals surface area contributed by atoms with E-state index in [2.05, 4.69) is 4.98 Å².